The third kappa shape index (κ3) is 2.34. The van der Waals surface area contributed by atoms with Gasteiger partial charge in [0.15, 0.2) is 0 Å². The molecule has 0 N–H and O–H groups in total. The molecule has 2 atom stereocenters. The number of fused-ring (bicyclic) bond motifs is 1. The summed E-state index contributed by atoms with van der Waals surface area (Å²) in [6.07, 6.45) is 1.39. The Kier molecular flexibility index (Phi) is 3.62. The Morgan fingerprint density at radius 3 is 2.26 bits per heavy atom. The molecule has 1 aliphatic carbocycles. The van der Waals surface area contributed by atoms with E-state index in [0.29, 0.717) is 5.92 Å². The summed E-state index contributed by atoms with van der Waals surface area (Å²) in [6.45, 7) is 0.866. The monoisotopic (exact) mass is 304 g/mol. The molecular formula is C21H22NO+. The fraction of sp³-hybridized carbons (Fsp3) is 0.286. The zero-order valence-electron chi connectivity index (χ0n) is 13.7. The Bertz CT molecular complexity index is 770. The molecule has 0 spiro atoms. The van der Waals surface area contributed by atoms with Crippen molar-refractivity contribution >= 4 is 11.3 Å². The van der Waals surface area contributed by atoms with E-state index in [1.165, 1.54) is 28.0 Å². The molecule has 2 nitrogen and oxygen atoms in total. The molecule has 116 valence electrons. The van der Waals surface area contributed by atoms with Gasteiger partial charge in [-0.25, -0.2) is 4.58 Å². The van der Waals surface area contributed by atoms with Crippen molar-refractivity contribution < 1.29 is 9.31 Å². The van der Waals surface area contributed by atoms with Crippen molar-refractivity contribution in [3.63, 3.8) is 0 Å². The minimum Gasteiger partial charge on any atom is -0.373 e. The maximum Gasteiger partial charge on any atom is 0.212 e. The van der Waals surface area contributed by atoms with Crippen molar-refractivity contribution in [1.82, 2.24) is 0 Å². The largest absolute Gasteiger partial charge is 0.373 e. The molecular weight excluding hydrogens is 282 g/mol. The Labute approximate surface area is 137 Å². The fourth-order valence-corrected chi connectivity index (χ4v) is 3.93. The van der Waals surface area contributed by atoms with Crippen LogP contribution in [0, 0.1) is 5.92 Å². The summed E-state index contributed by atoms with van der Waals surface area (Å²) in [6, 6.07) is 21.4. The standard InChI is InChI=1S/C21H22NO/c1-22(2)20(16-11-7-4-8-12-16)19-18(15-9-5-3-6-10-15)17-13-14-23-21(17)19/h3-12,17,21H,13-14H2,1-2H3/q+1/t17-,21-/m1/s1. The van der Waals surface area contributed by atoms with Crippen molar-refractivity contribution in [2.75, 3.05) is 20.7 Å². The summed E-state index contributed by atoms with van der Waals surface area (Å²) in [7, 11) is 4.25. The number of hydrogen-bond donors (Lipinski definition) is 0. The Balaban J connectivity index is 1.90. The van der Waals surface area contributed by atoms with Crippen molar-refractivity contribution in [2.24, 2.45) is 5.92 Å². The van der Waals surface area contributed by atoms with Crippen LogP contribution in [0.2, 0.25) is 0 Å². The van der Waals surface area contributed by atoms with Gasteiger partial charge >= 0.3 is 0 Å². The van der Waals surface area contributed by atoms with E-state index in [0.717, 1.165) is 13.0 Å². The second-order valence-corrected chi connectivity index (χ2v) is 6.49. The molecule has 0 bridgehead atoms. The Morgan fingerprint density at radius 1 is 0.957 bits per heavy atom. The van der Waals surface area contributed by atoms with Crippen LogP contribution < -0.4 is 0 Å². The molecule has 0 aromatic heterocycles. The highest BCUT2D eigenvalue weighted by atomic mass is 16.5. The third-order valence-electron chi connectivity index (χ3n) is 4.87. The third-order valence-corrected chi connectivity index (χ3v) is 4.87. The molecule has 1 fully saturated rings. The van der Waals surface area contributed by atoms with Gasteiger partial charge < -0.3 is 4.74 Å². The van der Waals surface area contributed by atoms with Gasteiger partial charge in [0, 0.05) is 18.1 Å². The quantitative estimate of drug-likeness (QED) is 0.623. The average Bonchev–Trinajstić information content (AvgIpc) is 2.97. The fourth-order valence-electron chi connectivity index (χ4n) is 3.93. The van der Waals surface area contributed by atoms with Gasteiger partial charge in [0.25, 0.3) is 0 Å². The molecule has 0 radical (unpaired) electrons. The predicted molar refractivity (Wildman–Crippen MR) is 93.9 cm³/mol. The number of rotatable bonds is 3. The van der Waals surface area contributed by atoms with Crippen molar-refractivity contribution in [3.05, 3.63) is 77.4 Å². The molecule has 4 rings (SSSR count). The van der Waals surface area contributed by atoms with Crippen LogP contribution >= 0.6 is 0 Å². The zero-order chi connectivity index (χ0) is 15.8. The topological polar surface area (TPSA) is 12.2 Å². The van der Waals surface area contributed by atoms with Crippen LogP contribution in [0.3, 0.4) is 0 Å². The van der Waals surface area contributed by atoms with E-state index in [-0.39, 0.29) is 6.10 Å². The van der Waals surface area contributed by atoms with E-state index >= 15 is 0 Å². The van der Waals surface area contributed by atoms with E-state index in [9.17, 15) is 0 Å². The summed E-state index contributed by atoms with van der Waals surface area (Å²) < 4.78 is 8.29. The maximum absolute atomic E-state index is 6.06. The normalized spacial score (nSPS) is 22.5. The Morgan fingerprint density at radius 2 is 1.61 bits per heavy atom. The summed E-state index contributed by atoms with van der Waals surface area (Å²) in [4.78, 5) is 0. The molecule has 1 heterocycles. The smallest absolute Gasteiger partial charge is 0.212 e. The van der Waals surface area contributed by atoms with E-state index in [2.05, 4.69) is 79.3 Å². The average molecular weight is 304 g/mol. The van der Waals surface area contributed by atoms with Crippen LogP contribution in [0.4, 0.5) is 0 Å². The minimum atomic E-state index is 0.253. The molecule has 2 heteroatoms. The van der Waals surface area contributed by atoms with Gasteiger partial charge in [-0.15, -0.1) is 0 Å². The molecule has 2 aromatic rings. The summed E-state index contributed by atoms with van der Waals surface area (Å²) in [5.41, 5.74) is 6.72. The molecule has 0 amide bonds. The molecule has 1 aliphatic heterocycles. The van der Waals surface area contributed by atoms with Gasteiger partial charge in [0.2, 0.25) is 5.71 Å². The summed E-state index contributed by atoms with van der Waals surface area (Å²) >= 11 is 0. The van der Waals surface area contributed by atoms with Crippen LogP contribution in [-0.2, 0) is 4.74 Å². The SMILES string of the molecule is C[N+](C)=C(C1=C(c2ccccc2)[C@H]2CCO[C@@H]12)c1ccccc1. The van der Waals surface area contributed by atoms with Crippen molar-refractivity contribution in [2.45, 2.75) is 12.5 Å². The van der Waals surface area contributed by atoms with Crippen LogP contribution in [0.25, 0.3) is 5.57 Å². The Hall–Kier alpha value is -2.19. The first-order valence-corrected chi connectivity index (χ1v) is 8.28. The lowest BCUT2D eigenvalue weighted by Gasteiger charge is -2.36. The number of hydrogen-bond acceptors (Lipinski definition) is 1. The van der Waals surface area contributed by atoms with Crippen molar-refractivity contribution in [1.29, 1.82) is 0 Å². The zero-order valence-corrected chi connectivity index (χ0v) is 13.7. The van der Waals surface area contributed by atoms with E-state index in [1.807, 2.05) is 0 Å². The van der Waals surface area contributed by atoms with E-state index < -0.39 is 0 Å². The van der Waals surface area contributed by atoms with Crippen LogP contribution in [0.5, 0.6) is 0 Å². The maximum atomic E-state index is 6.06. The summed E-state index contributed by atoms with van der Waals surface area (Å²) in [5, 5.41) is 0. The first-order chi connectivity index (χ1) is 11.3. The second kappa shape index (κ2) is 5.78. The lowest BCUT2D eigenvalue weighted by Crippen LogP contribution is -2.39. The van der Waals surface area contributed by atoms with Crippen LogP contribution in [-0.4, -0.2) is 37.1 Å². The number of nitrogens with zero attached hydrogens (tertiary/aromatic N) is 1. The highest BCUT2D eigenvalue weighted by Gasteiger charge is 2.49. The van der Waals surface area contributed by atoms with Gasteiger partial charge in [-0.05, 0) is 29.7 Å². The minimum absolute atomic E-state index is 0.253. The molecule has 0 unspecified atom stereocenters. The van der Waals surface area contributed by atoms with E-state index in [4.69, 9.17) is 4.74 Å². The first-order valence-electron chi connectivity index (χ1n) is 8.28. The van der Waals surface area contributed by atoms with Crippen LogP contribution in [0.1, 0.15) is 17.5 Å². The van der Waals surface area contributed by atoms with Gasteiger partial charge in [-0.2, -0.15) is 0 Å². The van der Waals surface area contributed by atoms with Crippen molar-refractivity contribution in [3.8, 4) is 0 Å². The molecule has 2 aliphatic rings. The number of ether oxygens (including phenoxy) is 1. The van der Waals surface area contributed by atoms with Gasteiger partial charge in [-0.1, -0.05) is 48.5 Å². The highest BCUT2D eigenvalue weighted by molar-refractivity contribution is 6.17. The first kappa shape index (κ1) is 14.4. The van der Waals surface area contributed by atoms with E-state index in [1.54, 1.807) is 0 Å². The molecule has 23 heavy (non-hydrogen) atoms. The van der Waals surface area contributed by atoms with Gasteiger partial charge in [0.1, 0.15) is 14.1 Å². The lowest BCUT2D eigenvalue weighted by atomic mass is 9.68. The van der Waals surface area contributed by atoms with Gasteiger partial charge in [-0.3, -0.25) is 0 Å². The summed E-state index contributed by atoms with van der Waals surface area (Å²) in [5.74, 6) is 0.547. The number of benzene rings is 2. The van der Waals surface area contributed by atoms with Gasteiger partial charge in [0.05, 0.1) is 11.7 Å². The highest BCUT2D eigenvalue weighted by Crippen LogP contribution is 2.50. The second-order valence-electron chi connectivity index (χ2n) is 6.49. The molecule has 0 saturated carbocycles. The lowest BCUT2D eigenvalue weighted by molar-refractivity contribution is -0.463. The van der Waals surface area contributed by atoms with Crippen LogP contribution in [0.15, 0.2) is 66.2 Å². The molecule has 1 saturated heterocycles. The molecule has 2 aromatic carbocycles. The predicted octanol–water partition coefficient (Wildman–Crippen LogP) is 3.62.